The molecule has 1 aromatic carbocycles. The fourth-order valence-corrected chi connectivity index (χ4v) is 4.82. The minimum Gasteiger partial charge on any atom is -0.342 e. The Morgan fingerprint density at radius 2 is 1.73 bits per heavy atom. The highest BCUT2D eigenvalue weighted by Gasteiger charge is 2.48. The molecule has 2 heterocycles. The molecule has 1 atom stereocenters. The van der Waals surface area contributed by atoms with E-state index >= 15 is 0 Å². The van der Waals surface area contributed by atoms with E-state index in [1.807, 2.05) is 30.9 Å². The van der Waals surface area contributed by atoms with E-state index in [1.54, 1.807) is 0 Å². The lowest BCUT2D eigenvalue weighted by Gasteiger charge is -2.27. The Morgan fingerprint density at radius 3 is 2.42 bits per heavy atom. The summed E-state index contributed by atoms with van der Waals surface area (Å²) in [5, 5.41) is 0. The molecule has 3 aliphatic rings. The summed E-state index contributed by atoms with van der Waals surface area (Å²) < 4.78 is 0. The number of likely N-dealkylation sites (tertiary alicyclic amines) is 2. The van der Waals surface area contributed by atoms with E-state index < -0.39 is 0 Å². The molecular formula is C22H30N2O2. The third-order valence-corrected chi connectivity index (χ3v) is 6.48. The molecule has 3 fully saturated rings. The van der Waals surface area contributed by atoms with Crippen molar-refractivity contribution in [2.45, 2.75) is 52.4 Å². The first kappa shape index (κ1) is 17.6. The van der Waals surface area contributed by atoms with Crippen molar-refractivity contribution in [1.29, 1.82) is 0 Å². The molecule has 2 amide bonds. The molecule has 0 radical (unpaired) electrons. The van der Waals surface area contributed by atoms with Gasteiger partial charge in [0.05, 0.1) is 5.41 Å². The minimum absolute atomic E-state index is 0.120. The molecule has 0 aromatic heterocycles. The maximum atomic E-state index is 13.1. The number of amides is 2. The molecule has 2 saturated heterocycles. The number of nitrogens with zero attached hydrogens (tertiary/aromatic N) is 2. The molecule has 0 bridgehead atoms. The van der Waals surface area contributed by atoms with Crippen LogP contribution in [0.5, 0.6) is 0 Å². The van der Waals surface area contributed by atoms with Gasteiger partial charge in [-0.2, -0.15) is 0 Å². The zero-order valence-corrected chi connectivity index (χ0v) is 16.1. The summed E-state index contributed by atoms with van der Waals surface area (Å²) in [6, 6.07) is 6.06. The first-order valence-corrected chi connectivity index (χ1v) is 10.1. The van der Waals surface area contributed by atoms with Crippen LogP contribution in [0.4, 0.5) is 0 Å². The van der Waals surface area contributed by atoms with E-state index in [0.29, 0.717) is 12.5 Å². The van der Waals surface area contributed by atoms with Gasteiger partial charge in [-0.25, -0.2) is 0 Å². The van der Waals surface area contributed by atoms with Crippen LogP contribution < -0.4 is 0 Å². The summed E-state index contributed by atoms with van der Waals surface area (Å²) in [7, 11) is 0. The molecule has 4 nitrogen and oxygen atoms in total. The van der Waals surface area contributed by atoms with Crippen LogP contribution in [0.15, 0.2) is 18.2 Å². The van der Waals surface area contributed by atoms with Crippen LogP contribution in [0.25, 0.3) is 0 Å². The lowest BCUT2D eigenvalue weighted by Crippen LogP contribution is -2.37. The summed E-state index contributed by atoms with van der Waals surface area (Å²) in [5.74, 6) is 1.24. The average molecular weight is 354 g/mol. The van der Waals surface area contributed by atoms with Crippen LogP contribution in [0.1, 0.15) is 60.0 Å². The van der Waals surface area contributed by atoms with Crippen molar-refractivity contribution in [3.8, 4) is 0 Å². The molecular weight excluding hydrogens is 324 g/mol. The van der Waals surface area contributed by atoms with E-state index in [-0.39, 0.29) is 11.3 Å². The first-order chi connectivity index (χ1) is 12.5. The fourth-order valence-electron chi connectivity index (χ4n) is 4.82. The maximum absolute atomic E-state index is 13.1. The maximum Gasteiger partial charge on any atom is 0.253 e. The highest BCUT2D eigenvalue weighted by molar-refractivity contribution is 5.94. The van der Waals surface area contributed by atoms with Gasteiger partial charge in [0.25, 0.3) is 5.91 Å². The Kier molecular flexibility index (Phi) is 4.54. The number of hydrogen-bond donors (Lipinski definition) is 0. The van der Waals surface area contributed by atoms with Crippen molar-refractivity contribution in [3.63, 3.8) is 0 Å². The van der Waals surface area contributed by atoms with Gasteiger partial charge >= 0.3 is 0 Å². The Morgan fingerprint density at radius 1 is 1.04 bits per heavy atom. The first-order valence-electron chi connectivity index (χ1n) is 10.1. The summed E-state index contributed by atoms with van der Waals surface area (Å²) in [4.78, 5) is 30.1. The largest absolute Gasteiger partial charge is 0.342 e. The molecule has 1 saturated carbocycles. The average Bonchev–Trinajstić information content (AvgIpc) is 3.39. The molecule has 140 valence electrons. The summed E-state index contributed by atoms with van der Waals surface area (Å²) in [6.45, 7) is 7.42. The number of aryl methyl sites for hydroxylation is 2. The lowest BCUT2D eigenvalue weighted by atomic mass is 9.79. The standard InChI is InChI=1S/C22H30N2O2/c1-16-12-17(2)14-19(13-16)20(25)23-9-3-6-22(7-10-23)8-11-24(21(22)26)15-18-4-5-18/h12-14,18H,3-11,15H2,1-2H3/t22-/m0/s1. The second kappa shape index (κ2) is 6.71. The molecule has 1 spiro atoms. The van der Waals surface area contributed by atoms with Crippen LogP contribution in [0, 0.1) is 25.2 Å². The molecule has 1 aliphatic carbocycles. The van der Waals surface area contributed by atoms with Crippen molar-refractivity contribution < 1.29 is 9.59 Å². The second-order valence-corrected chi connectivity index (χ2v) is 8.75. The third kappa shape index (κ3) is 3.38. The Bertz CT molecular complexity index is 705. The monoisotopic (exact) mass is 354 g/mol. The molecule has 2 aliphatic heterocycles. The van der Waals surface area contributed by atoms with Crippen LogP contribution in [0.2, 0.25) is 0 Å². The highest BCUT2D eigenvalue weighted by atomic mass is 16.2. The predicted octanol–water partition coefficient (Wildman–Crippen LogP) is 3.56. The van der Waals surface area contributed by atoms with E-state index in [4.69, 9.17) is 0 Å². The van der Waals surface area contributed by atoms with Crippen LogP contribution in [0.3, 0.4) is 0 Å². The van der Waals surface area contributed by atoms with Gasteiger partial charge in [-0.3, -0.25) is 9.59 Å². The zero-order valence-electron chi connectivity index (χ0n) is 16.1. The number of benzene rings is 1. The van der Waals surface area contributed by atoms with Gasteiger partial charge < -0.3 is 9.80 Å². The second-order valence-electron chi connectivity index (χ2n) is 8.75. The Labute approximate surface area is 156 Å². The smallest absolute Gasteiger partial charge is 0.253 e. The van der Waals surface area contributed by atoms with Crippen molar-refractivity contribution >= 4 is 11.8 Å². The van der Waals surface area contributed by atoms with Crippen LogP contribution in [-0.2, 0) is 4.79 Å². The molecule has 4 heteroatoms. The summed E-state index contributed by atoms with van der Waals surface area (Å²) in [5.41, 5.74) is 2.83. The topological polar surface area (TPSA) is 40.6 Å². The van der Waals surface area contributed by atoms with Gasteiger partial charge in [0.15, 0.2) is 0 Å². The van der Waals surface area contributed by atoms with Gasteiger partial charge in [-0.05, 0) is 70.4 Å². The Hall–Kier alpha value is -1.84. The van der Waals surface area contributed by atoms with Gasteiger partial charge in [-0.1, -0.05) is 17.2 Å². The molecule has 0 N–H and O–H groups in total. The van der Waals surface area contributed by atoms with Crippen molar-refractivity contribution in [1.82, 2.24) is 9.80 Å². The van der Waals surface area contributed by atoms with Crippen molar-refractivity contribution in [3.05, 3.63) is 34.9 Å². The summed E-state index contributed by atoms with van der Waals surface area (Å²) in [6.07, 6.45) is 6.24. The quantitative estimate of drug-likeness (QED) is 0.833. The number of carbonyl (C=O) groups is 2. The fraction of sp³-hybridized carbons (Fsp3) is 0.636. The third-order valence-electron chi connectivity index (χ3n) is 6.48. The van der Waals surface area contributed by atoms with Gasteiger partial charge in [-0.15, -0.1) is 0 Å². The van der Waals surface area contributed by atoms with E-state index in [2.05, 4.69) is 11.0 Å². The van der Waals surface area contributed by atoms with E-state index in [9.17, 15) is 9.59 Å². The van der Waals surface area contributed by atoms with Gasteiger partial charge in [0.1, 0.15) is 0 Å². The predicted molar refractivity (Wildman–Crippen MR) is 102 cm³/mol. The van der Waals surface area contributed by atoms with E-state index in [0.717, 1.165) is 67.9 Å². The number of rotatable bonds is 3. The zero-order chi connectivity index (χ0) is 18.3. The van der Waals surface area contributed by atoms with Gasteiger partial charge in [0.2, 0.25) is 5.91 Å². The number of hydrogen-bond acceptors (Lipinski definition) is 2. The summed E-state index contributed by atoms with van der Waals surface area (Å²) >= 11 is 0. The Balaban J connectivity index is 1.44. The van der Waals surface area contributed by atoms with Crippen molar-refractivity contribution in [2.24, 2.45) is 11.3 Å². The minimum atomic E-state index is -0.202. The van der Waals surface area contributed by atoms with Crippen molar-refractivity contribution in [2.75, 3.05) is 26.2 Å². The van der Waals surface area contributed by atoms with Crippen LogP contribution in [-0.4, -0.2) is 47.8 Å². The molecule has 4 rings (SSSR count). The SMILES string of the molecule is Cc1cc(C)cc(C(=O)N2CCC[C@]3(CC2)CCN(CC2CC2)C3=O)c1. The molecule has 0 unspecified atom stereocenters. The molecule has 1 aromatic rings. The van der Waals surface area contributed by atoms with E-state index in [1.165, 1.54) is 12.8 Å². The normalized spacial score (nSPS) is 26.5. The highest BCUT2D eigenvalue weighted by Crippen LogP contribution is 2.43. The number of carbonyl (C=O) groups excluding carboxylic acids is 2. The van der Waals surface area contributed by atoms with Gasteiger partial charge in [0, 0.05) is 31.7 Å². The lowest BCUT2D eigenvalue weighted by molar-refractivity contribution is -0.136. The molecule has 26 heavy (non-hydrogen) atoms. The van der Waals surface area contributed by atoms with Crippen LogP contribution >= 0.6 is 0 Å².